The van der Waals surface area contributed by atoms with Crippen molar-refractivity contribution < 1.29 is 9.18 Å². The number of carbonyl (C=O) groups excluding carboxylic acids is 1. The van der Waals surface area contributed by atoms with E-state index in [0.29, 0.717) is 35.0 Å². The Morgan fingerprint density at radius 3 is 2.81 bits per heavy atom. The summed E-state index contributed by atoms with van der Waals surface area (Å²) in [5.74, 6) is 0.434. The zero-order chi connectivity index (χ0) is 18.3. The molecule has 1 saturated heterocycles. The van der Waals surface area contributed by atoms with Crippen molar-refractivity contribution in [3.8, 4) is 10.6 Å². The van der Waals surface area contributed by atoms with Crippen LogP contribution in [0.25, 0.3) is 20.8 Å². The van der Waals surface area contributed by atoms with Crippen LogP contribution in [0.4, 0.5) is 16.0 Å². The van der Waals surface area contributed by atoms with Crippen LogP contribution in [0.5, 0.6) is 0 Å². The number of nitrogens with one attached hydrogen (secondary N) is 1. The fourth-order valence-electron chi connectivity index (χ4n) is 2.86. The van der Waals surface area contributed by atoms with E-state index in [1.54, 1.807) is 24.3 Å². The van der Waals surface area contributed by atoms with Crippen LogP contribution in [0.1, 0.15) is 0 Å². The molecule has 1 N–H and O–H groups in total. The Morgan fingerprint density at radius 2 is 2.08 bits per heavy atom. The lowest BCUT2D eigenvalue weighted by molar-refractivity contribution is -0.120. The number of hydrogen-bond acceptors (Lipinski definition) is 7. The third kappa shape index (κ3) is 2.99. The van der Waals surface area contributed by atoms with E-state index in [4.69, 9.17) is 0 Å². The number of nitrogens with zero attached hydrogens (tertiary/aromatic N) is 5. The van der Waals surface area contributed by atoms with Gasteiger partial charge in [-0.15, -0.1) is 11.3 Å². The minimum absolute atomic E-state index is 0.0317. The van der Waals surface area contributed by atoms with E-state index in [1.807, 2.05) is 18.0 Å². The molecule has 1 aliphatic rings. The van der Waals surface area contributed by atoms with Gasteiger partial charge in [-0.05, 0) is 13.1 Å². The number of fused-ring (bicyclic) bond motifs is 1. The molecule has 0 aromatic carbocycles. The lowest BCUT2D eigenvalue weighted by Gasteiger charge is -2.31. The van der Waals surface area contributed by atoms with Gasteiger partial charge in [0.1, 0.15) is 16.3 Å². The number of hydrogen-bond donors (Lipinski definition) is 1. The summed E-state index contributed by atoms with van der Waals surface area (Å²) in [5, 5.41) is 3.36. The van der Waals surface area contributed by atoms with Crippen LogP contribution >= 0.6 is 11.3 Å². The summed E-state index contributed by atoms with van der Waals surface area (Å²) in [4.78, 5) is 28.9. The van der Waals surface area contributed by atoms with Crippen molar-refractivity contribution in [2.75, 3.05) is 43.9 Å². The molecule has 3 aromatic rings. The summed E-state index contributed by atoms with van der Waals surface area (Å²) in [6, 6.07) is 3.28. The molecule has 0 atom stereocenters. The van der Waals surface area contributed by atoms with Crippen LogP contribution in [0.15, 0.2) is 24.5 Å². The molecule has 1 fully saturated rings. The number of anilines is 2. The molecular weight excluding hydrogens is 355 g/mol. The van der Waals surface area contributed by atoms with Crippen molar-refractivity contribution in [2.45, 2.75) is 0 Å². The Morgan fingerprint density at radius 1 is 1.23 bits per heavy atom. The molecule has 3 aromatic heterocycles. The highest BCUT2D eigenvalue weighted by atomic mass is 32.1. The Labute approximate surface area is 153 Å². The average molecular weight is 372 g/mol. The zero-order valence-corrected chi connectivity index (χ0v) is 15.2. The number of pyridine rings is 2. The van der Waals surface area contributed by atoms with E-state index in [-0.39, 0.29) is 11.7 Å². The summed E-state index contributed by atoms with van der Waals surface area (Å²) in [5.41, 5.74) is 1.33. The molecule has 0 aliphatic carbocycles. The van der Waals surface area contributed by atoms with Crippen LogP contribution in [0.3, 0.4) is 0 Å². The number of amides is 1. The van der Waals surface area contributed by atoms with E-state index < -0.39 is 5.82 Å². The maximum absolute atomic E-state index is 14.0. The van der Waals surface area contributed by atoms with Gasteiger partial charge in [0.05, 0.1) is 17.4 Å². The van der Waals surface area contributed by atoms with E-state index in [1.165, 1.54) is 17.4 Å². The van der Waals surface area contributed by atoms with E-state index in [2.05, 4.69) is 20.3 Å². The van der Waals surface area contributed by atoms with Crippen LogP contribution in [0.2, 0.25) is 0 Å². The van der Waals surface area contributed by atoms with E-state index >= 15 is 0 Å². The number of aromatic nitrogens is 3. The molecule has 0 unspecified atom stereocenters. The molecule has 0 radical (unpaired) electrons. The molecule has 1 amide bonds. The molecule has 1 aliphatic heterocycles. The average Bonchev–Trinajstić information content (AvgIpc) is 3.05. The molecule has 0 bridgehead atoms. The third-order valence-electron chi connectivity index (χ3n) is 4.27. The van der Waals surface area contributed by atoms with Gasteiger partial charge in [-0.1, -0.05) is 0 Å². The van der Waals surface area contributed by atoms with Crippen molar-refractivity contribution >= 4 is 39.1 Å². The summed E-state index contributed by atoms with van der Waals surface area (Å²) >= 11 is 1.43. The van der Waals surface area contributed by atoms with Gasteiger partial charge in [-0.3, -0.25) is 14.6 Å². The molecule has 4 rings (SSSR count). The van der Waals surface area contributed by atoms with Crippen LogP contribution in [0, 0.1) is 5.82 Å². The molecule has 7 nitrogen and oxygen atoms in total. The molecule has 134 valence electrons. The predicted molar refractivity (Wildman–Crippen MR) is 100 cm³/mol. The quantitative estimate of drug-likeness (QED) is 0.760. The summed E-state index contributed by atoms with van der Waals surface area (Å²) < 4.78 is 14.9. The fourth-order valence-corrected chi connectivity index (χ4v) is 3.81. The zero-order valence-electron chi connectivity index (χ0n) is 14.4. The number of piperazine rings is 1. The van der Waals surface area contributed by atoms with Gasteiger partial charge in [0.15, 0.2) is 11.6 Å². The first-order chi connectivity index (χ1) is 12.5. The van der Waals surface area contributed by atoms with Crippen molar-refractivity contribution in [1.82, 2.24) is 19.9 Å². The smallest absolute Gasteiger partial charge is 0.242 e. The third-order valence-corrected chi connectivity index (χ3v) is 5.34. The lowest BCUT2D eigenvalue weighted by atomic mass is 10.3. The fraction of sp³-hybridized carbons (Fsp3) is 0.294. The Balaban J connectivity index is 1.68. The highest BCUT2D eigenvalue weighted by Gasteiger charge is 2.24. The topological polar surface area (TPSA) is 74.2 Å². The van der Waals surface area contributed by atoms with Gasteiger partial charge in [-0.25, -0.2) is 19.3 Å². The number of rotatable bonds is 3. The maximum atomic E-state index is 14.0. The van der Waals surface area contributed by atoms with Gasteiger partial charge >= 0.3 is 0 Å². The van der Waals surface area contributed by atoms with Gasteiger partial charge in [0, 0.05) is 38.0 Å². The predicted octanol–water partition coefficient (Wildman–Crippen LogP) is 2.21. The molecule has 9 heteroatoms. The van der Waals surface area contributed by atoms with Crippen molar-refractivity contribution in [3.63, 3.8) is 0 Å². The molecular formula is C17H17FN6OS. The van der Waals surface area contributed by atoms with Crippen LogP contribution in [-0.4, -0.2) is 59.5 Å². The lowest BCUT2D eigenvalue weighted by Crippen LogP contribution is -2.49. The Hall–Kier alpha value is -2.65. The Kier molecular flexibility index (Phi) is 4.25. The summed E-state index contributed by atoms with van der Waals surface area (Å²) in [6.07, 6.45) is 3.24. The van der Waals surface area contributed by atoms with Gasteiger partial charge in [0.25, 0.3) is 0 Å². The number of carbonyl (C=O) groups is 1. The second-order valence-corrected chi connectivity index (χ2v) is 7.15. The Bertz CT molecular complexity index is 991. The maximum Gasteiger partial charge on any atom is 0.242 e. The number of halogens is 1. The molecule has 4 heterocycles. The summed E-state index contributed by atoms with van der Waals surface area (Å²) in [7, 11) is 3.55. The van der Waals surface area contributed by atoms with Crippen LogP contribution < -0.4 is 10.2 Å². The van der Waals surface area contributed by atoms with Crippen molar-refractivity contribution in [2.24, 2.45) is 0 Å². The second kappa shape index (κ2) is 6.58. The first-order valence-electron chi connectivity index (χ1n) is 8.14. The first kappa shape index (κ1) is 16.8. The van der Waals surface area contributed by atoms with Gasteiger partial charge in [-0.2, -0.15) is 0 Å². The van der Waals surface area contributed by atoms with Crippen molar-refractivity contribution in [3.05, 3.63) is 30.3 Å². The van der Waals surface area contributed by atoms with E-state index in [9.17, 15) is 9.18 Å². The first-order valence-corrected chi connectivity index (χ1v) is 8.96. The largest absolute Gasteiger partial charge is 0.371 e. The van der Waals surface area contributed by atoms with Crippen molar-refractivity contribution in [1.29, 1.82) is 0 Å². The normalized spacial score (nSPS) is 15.7. The monoisotopic (exact) mass is 372 g/mol. The molecule has 0 spiro atoms. The van der Waals surface area contributed by atoms with Crippen LogP contribution in [-0.2, 0) is 4.79 Å². The SMILES string of the molecule is CNc1ncc(-c2nc3cnc(N4CCN(C)CC4=O)cc3s2)cc1F. The molecule has 0 saturated carbocycles. The van der Waals surface area contributed by atoms with E-state index in [0.717, 1.165) is 11.2 Å². The second-order valence-electron chi connectivity index (χ2n) is 6.12. The number of likely N-dealkylation sites (N-methyl/N-ethyl adjacent to an activating group) is 1. The molecule has 26 heavy (non-hydrogen) atoms. The standard InChI is InChI=1S/C17H17FN6OS/c1-19-16-11(18)5-10(7-21-16)17-22-12-8-20-14(6-13(12)26-17)24-4-3-23(2)9-15(24)25/h5-8H,3-4,9H2,1-2H3,(H,19,21). The minimum Gasteiger partial charge on any atom is -0.371 e. The minimum atomic E-state index is -0.425. The van der Waals surface area contributed by atoms with Gasteiger partial charge < -0.3 is 5.32 Å². The highest BCUT2D eigenvalue weighted by Crippen LogP contribution is 2.32. The van der Waals surface area contributed by atoms with Gasteiger partial charge in [0.2, 0.25) is 5.91 Å². The number of thiazole rings is 1. The summed E-state index contributed by atoms with van der Waals surface area (Å²) in [6.45, 7) is 1.80. The highest BCUT2D eigenvalue weighted by molar-refractivity contribution is 7.21.